The highest BCUT2D eigenvalue weighted by Gasteiger charge is 2.21. The Morgan fingerprint density at radius 2 is 1.39 bits per heavy atom. The summed E-state index contributed by atoms with van der Waals surface area (Å²) in [7, 11) is 0. The lowest BCUT2D eigenvalue weighted by Gasteiger charge is -2.21. The Bertz CT molecular complexity index is 2510. The standard InChI is InChI=1S/C41H29N5/c1-26-12-5-7-18-31(26)36-24-35(43-40(44-36)27-13-3-2-4-14-27)29-16-11-17-30(22-29)37-23-28-15-6-8-19-32(28)41-45-39-33-20-9-10-21-34(33)42-25-38(39)46(37)41/h2-26,31H,1H3. The van der Waals surface area contributed by atoms with Gasteiger partial charge in [0.15, 0.2) is 5.82 Å². The Kier molecular flexibility index (Phi) is 6.10. The van der Waals surface area contributed by atoms with Gasteiger partial charge in [0, 0.05) is 27.8 Å². The van der Waals surface area contributed by atoms with E-state index < -0.39 is 0 Å². The number of nitrogens with zero attached hydrogens (tertiary/aromatic N) is 5. The van der Waals surface area contributed by atoms with Crippen LogP contribution < -0.4 is 0 Å². The Labute approximate surface area is 266 Å². The average Bonchev–Trinajstić information content (AvgIpc) is 3.52. The molecule has 0 radical (unpaired) electrons. The van der Waals surface area contributed by atoms with Crippen molar-refractivity contribution in [1.29, 1.82) is 0 Å². The Hall–Kier alpha value is -5.94. The summed E-state index contributed by atoms with van der Waals surface area (Å²) in [5, 5.41) is 3.30. The van der Waals surface area contributed by atoms with Crippen LogP contribution in [0.1, 0.15) is 18.5 Å². The molecule has 4 aromatic heterocycles. The molecular formula is C41H29N5. The zero-order chi connectivity index (χ0) is 30.6. The van der Waals surface area contributed by atoms with Crippen molar-refractivity contribution >= 4 is 38.4 Å². The van der Waals surface area contributed by atoms with E-state index in [-0.39, 0.29) is 5.92 Å². The third-order valence-electron chi connectivity index (χ3n) is 9.12. The Morgan fingerprint density at radius 3 is 2.28 bits per heavy atom. The van der Waals surface area contributed by atoms with Crippen molar-refractivity contribution in [3.05, 3.63) is 151 Å². The molecule has 1 aliphatic carbocycles. The predicted molar refractivity (Wildman–Crippen MR) is 188 cm³/mol. The highest BCUT2D eigenvalue weighted by atomic mass is 15.0. The van der Waals surface area contributed by atoms with Gasteiger partial charge in [0.25, 0.3) is 0 Å². The number of aromatic nitrogens is 5. The summed E-state index contributed by atoms with van der Waals surface area (Å²) in [5.41, 5.74) is 9.91. The maximum Gasteiger partial charge on any atom is 0.160 e. The molecular weight excluding hydrogens is 562 g/mol. The van der Waals surface area contributed by atoms with E-state index in [0.717, 1.165) is 78.0 Å². The zero-order valence-electron chi connectivity index (χ0n) is 25.2. The van der Waals surface area contributed by atoms with Crippen LogP contribution in [-0.2, 0) is 0 Å². The van der Waals surface area contributed by atoms with Crippen LogP contribution in [0.4, 0.5) is 0 Å². The molecule has 2 unspecified atom stereocenters. The molecule has 0 amide bonds. The van der Waals surface area contributed by atoms with Gasteiger partial charge in [0.2, 0.25) is 0 Å². The van der Waals surface area contributed by atoms with Gasteiger partial charge in [-0.1, -0.05) is 122 Å². The molecule has 0 saturated carbocycles. The predicted octanol–water partition coefficient (Wildman–Crippen LogP) is 9.83. The summed E-state index contributed by atoms with van der Waals surface area (Å²) >= 11 is 0. The summed E-state index contributed by atoms with van der Waals surface area (Å²) in [4.78, 5) is 20.3. The second kappa shape index (κ2) is 10.6. The third-order valence-corrected chi connectivity index (χ3v) is 9.12. The highest BCUT2D eigenvalue weighted by Crippen LogP contribution is 2.36. The Morgan fingerprint density at radius 1 is 0.630 bits per heavy atom. The molecule has 2 atom stereocenters. The minimum atomic E-state index is 0.178. The second-order valence-electron chi connectivity index (χ2n) is 12.0. The summed E-state index contributed by atoms with van der Waals surface area (Å²) in [5.74, 6) is 1.25. The number of fused-ring (bicyclic) bond motifs is 7. The number of pyridine rings is 2. The molecule has 0 bridgehead atoms. The lowest BCUT2D eigenvalue weighted by atomic mass is 9.86. The minimum absolute atomic E-state index is 0.178. The Balaban J connectivity index is 1.27. The second-order valence-corrected chi connectivity index (χ2v) is 12.0. The number of benzene rings is 4. The largest absolute Gasteiger partial charge is 0.290 e. The molecule has 9 rings (SSSR count). The monoisotopic (exact) mass is 591 g/mol. The van der Waals surface area contributed by atoms with E-state index in [1.807, 2.05) is 36.5 Å². The molecule has 5 nitrogen and oxygen atoms in total. The van der Waals surface area contributed by atoms with Crippen LogP contribution in [0, 0.1) is 5.92 Å². The van der Waals surface area contributed by atoms with Crippen molar-refractivity contribution in [3.63, 3.8) is 0 Å². The fraction of sp³-hybridized carbons (Fsp3) is 0.0732. The SMILES string of the molecule is CC1C=CC=CC1c1cc(-c2cccc(-c3cc4ccccc4c4nc5c6ccccc6ncc5n34)c2)nc(-c2ccccc2)n1. The molecule has 0 aliphatic heterocycles. The van der Waals surface area contributed by atoms with Crippen LogP contribution in [0.25, 0.3) is 72.3 Å². The molecule has 0 fully saturated rings. The fourth-order valence-corrected chi connectivity index (χ4v) is 6.77. The van der Waals surface area contributed by atoms with Gasteiger partial charge >= 0.3 is 0 Å². The van der Waals surface area contributed by atoms with Gasteiger partial charge in [-0.25, -0.2) is 15.0 Å². The first-order chi connectivity index (χ1) is 22.7. The first kappa shape index (κ1) is 26.5. The number of rotatable bonds is 4. The first-order valence-electron chi connectivity index (χ1n) is 15.7. The van der Waals surface area contributed by atoms with Crippen molar-refractivity contribution in [2.75, 3.05) is 0 Å². The van der Waals surface area contributed by atoms with Crippen molar-refractivity contribution in [3.8, 4) is 33.9 Å². The smallest absolute Gasteiger partial charge is 0.160 e. The van der Waals surface area contributed by atoms with Crippen LogP contribution in [0.5, 0.6) is 0 Å². The summed E-state index contributed by atoms with van der Waals surface area (Å²) in [6.07, 6.45) is 10.7. The van der Waals surface area contributed by atoms with E-state index in [2.05, 4.69) is 121 Å². The van der Waals surface area contributed by atoms with Crippen LogP contribution in [0.15, 0.2) is 146 Å². The number of allylic oxidation sites excluding steroid dienone is 4. The molecule has 0 saturated heterocycles. The molecule has 1 aliphatic rings. The van der Waals surface area contributed by atoms with Crippen molar-refractivity contribution in [2.24, 2.45) is 5.92 Å². The topological polar surface area (TPSA) is 56.0 Å². The lowest BCUT2D eigenvalue weighted by molar-refractivity contribution is 0.619. The van der Waals surface area contributed by atoms with Gasteiger partial charge in [-0.2, -0.15) is 0 Å². The van der Waals surface area contributed by atoms with Crippen LogP contribution in [0.2, 0.25) is 0 Å². The summed E-state index contributed by atoms with van der Waals surface area (Å²) < 4.78 is 2.26. The van der Waals surface area contributed by atoms with E-state index in [1.54, 1.807) is 0 Å². The summed E-state index contributed by atoms with van der Waals surface area (Å²) in [6.45, 7) is 2.24. The maximum atomic E-state index is 5.24. The molecule has 5 heteroatoms. The minimum Gasteiger partial charge on any atom is -0.290 e. The number of imidazole rings is 1. The molecule has 4 heterocycles. The average molecular weight is 592 g/mol. The molecule has 218 valence electrons. The van der Waals surface area contributed by atoms with Crippen LogP contribution >= 0.6 is 0 Å². The van der Waals surface area contributed by atoms with Crippen molar-refractivity contribution in [1.82, 2.24) is 24.3 Å². The van der Waals surface area contributed by atoms with Gasteiger partial charge in [0.1, 0.15) is 11.2 Å². The van der Waals surface area contributed by atoms with E-state index in [1.165, 1.54) is 0 Å². The van der Waals surface area contributed by atoms with Gasteiger partial charge in [-0.3, -0.25) is 9.38 Å². The maximum absolute atomic E-state index is 5.24. The van der Waals surface area contributed by atoms with E-state index in [4.69, 9.17) is 19.9 Å². The zero-order valence-corrected chi connectivity index (χ0v) is 25.2. The van der Waals surface area contributed by atoms with Crippen molar-refractivity contribution in [2.45, 2.75) is 12.8 Å². The number of hydrogen-bond acceptors (Lipinski definition) is 4. The molecule has 4 aromatic carbocycles. The summed E-state index contributed by atoms with van der Waals surface area (Å²) in [6, 6.07) is 40.0. The fourth-order valence-electron chi connectivity index (χ4n) is 6.77. The van der Waals surface area contributed by atoms with Gasteiger partial charge in [-0.15, -0.1) is 0 Å². The molecule has 8 aromatic rings. The van der Waals surface area contributed by atoms with Gasteiger partial charge in [0.05, 0.1) is 34.3 Å². The first-order valence-corrected chi connectivity index (χ1v) is 15.7. The number of hydrogen-bond donors (Lipinski definition) is 0. The van der Waals surface area contributed by atoms with E-state index >= 15 is 0 Å². The van der Waals surface area contributed by atoms with Crippen LogP contribution in [0.3, 0.4) is 0 Å². The normalized spacial score (nSPS) is 16.2. The van der Waals surface area contributed by atoms with E-state index in [9.17, 15) is 0 Å². The lowest BCUT2D eigenvalue weighted by Crippen LogP contribution is -2.11. The van der Waals surface area contributed by atoms with Gasteiger partial charge in [-0.05, 0) is 41.1 Å². The van der Waals surface area contributed by atoms with Crippen molar-refractivity contribution < 1.29 is 0 Å². The van der Waals surface area contributed by atoms with Gasteiger partial charge < -0.3 is 0 Å². The molecule has 0 N–H and O–H groups in total. The van der Waals surface area contributed by atoms with Crippen LogP contribution in [-0.4, -0.2) is 24.3 Å². The molecule has 46 heavy (non-hydrogen) atoms. The quantitative estimate of drug-likeness (QED) is 0.204. The number of para-hydroxylation sites is 1. The highest BCUT2D eigenvalue weighted by molar-refractivity contribution is 6.08. The molecule has 0 spiro atoms. The van der Waals surface area contributed by atoms with E-state index in [0.29, 0.717) is 5.92 Å². The third kappa shape index (κ3) is 4.32.